The first kappa shape index (κ1) is 22.8. The number of carbonyl (C=O) groups is 2. The Labute approximate surface area is 197 Å². The molecule has 3 aromatic rings. The number of amides is 1. The Morgan fingerprint density at radius 3 is 2.55 bits per heavy atom. The molecule has 170 valence electrons. The fourth-order valence-electron chi connectivity index (χ4n) is 3.54. The zero-order valence-electron chi connectivity index (χ0n) is 17.5. The van der Waals surface area contributed by atoms with Crippen molar-refractivity contribution in [2.24, 2.45) is 0 Å². The van der Waals surface area contributed by atoms with Crippen LogP contribution < -0.4 is 9.62 Å². The zero-order valence-corrected chi connectivity index (χ0v) is 19.1. The van der Waals surface area contributed by atoms with Crippen LogP contribution in [0.25, 0.3) is 0 Å². The average molecular weight is 485 g/mol. The third-order valence-electron chi connectivity index (χ3n) is 5.24. The summed E-state index contributed by atoms with van der Waals surface area (Å²) in [4.78, 5) is 24.4. The second-order valence-corrected chi connectivity index (χ2v) is 9.76. The standard InChI is InChI=1S/C24H21ClN2O5S/c25-20-10-8-17(9-11-20)15-26-23(28)16-32-24(29)19-5-3-6-21(14-19)33(30,31)27-13-12-18-4-1-2-7-22(18)27/h1-11,14H,12-13,15-16H2,(H,26,28). The molecule has 0 radical (unpaired) electrons. The SMILES string of the molecule is O=C(COC(=O)c1cccc(S(=O)(=O)N2CCc3ccccc32)c1)NCc1ccc(Cl)cc1. The molecule has 9 heteroatoms. The number of rotatable bonds is 7. The van der Waals surface area contributed by atoms with Gasteiger partial charge in [0.05, 0.1) is 16.1 Å². The van der Waals surface area contributed by atoms with E-state index in [2.05, 4.69) is 5.32 Å². The van der Waals surface area contributed by atoms with Crippen molar-refractivity contribution in [2.45, 2.75) is 17.9 Å². The summed E-state index contributed by atoms with van der Waals surface area (Å²) in [5, 5.41) is 3.24. The Bertz CT molecular complexity index is 1290. The van der Waals surface area contributed by atoms with E-state index in [4.69, 9.17) is 16.3 Å². The highest BCUT2D eigenvalue weighted by atomic mass is 35.5. The topological polar surface area (TPSA) is 92.8 Å². The molecule has 1 aliphatic rings. The molecular formula is C24H21ClN2O5S. The van der Waals surface area contributed by atoms with Gasteiger partial charge >= 0.3 is 5.97 Å². The summed E-state index contributed by atoms with van der Waals surface area (Å²) in [5.41, 5.74) is 2.50. The van der Waals surface area contributed by atoms with Gasteiger partial charge in [-0.1, -0.05) is 48.0 Å². The van der Waals surface area contributed by atoms with E-state index in [-0.39, 0.29) is 17.0 Å². The van der Waals surface area contributed by atoms with Crippen molar-refractivity contribution < 1.29 is 22.7 Å². The molecule has 0 atom stereocenters. The van der Waals surface area contributed by atoms with Crippen LogP contribution in [0.2, 0.25) is 5.02 Å². The van der Waals surface area contributed by atoms with Crippen LogP contribution in [0.1, 0.15) is 21.5 Å². The van der Waals surface area contributed by atoms with E-state index in [1.54, 1.807) is 36.4 Å². The fourth-order valence-corrected chi connectivity index (χ4v) is 5.21. The lowest BCUT2D eigenvalue weighted by atomic mass is 10.2. The van der Waals surface area contributed by atoms with Crippen LogP contribution in [-0.2, 0) is 32.5 Å². The summed E-state index contributed by atoms with van der Waals surface area (Å²) >= 11 is 5.83. The molecule has 1 aliphatic heterocycles. The third kappa shape index (κ3) is 5.18. The first-order valence-electron chi connectivity index (χ1n) is 10.2. The summed E-state index contributed by atoms with van der Waals surface area (Å²) in [6.45, 7) is 0.117. The van der Waals surface area contributed by atoms with Crippen LogP contribution in [0.4, 0.5) is 5.69 Å². The Balaban J connectivity index is 1.38. The summed E-state index contributed by atoms with van der Waals surface area (Å²) in [7, 11) is -3.84. The predicted octanol–water partition coefficient (Wildman–Crippen LogP) is 3.56. The normalized spacial score (nSPS) is 12.8. The number of nitrogens with one attached hydrogen (secondary N) is 1. The molecule has 0 fully saturated rings. The first-order chi connectivity index (χ1) is 15.8. The Kier molecular flexibility index (Phi) is 6.67. The van der Waals surface area contributed by atoms with Crippen molar-refractivity contribution in [2.75, 3.05) is 17.5 Å². The Morgan fingerprint density at radius 1 is 1.00 bits per heavy atom. The molecular weight excluding hydrogens is 464 g/mol. The van der Waals surface area contributed by atoms with Gasteiger partial charge in [-0.2, -0.15) is 0 Å². The number of carbonyl (C=O) groups excluding carboxylic acids is 2. The lowest BCUT2D eigenvalue weighted by molar-refractivity contribution is -0.124. The van der Waals surface area contributed by atoms with E-state index in [1.165, 1.54) is 28.6 Å². The highest BCUT2D eigenvalue weighted by molar-refractivity contribution is 7.92. The number of benzene rings is 3. The Hall–Kier alpha value is -3.36. The molecule has 0 saturated heterocycles. The van der Waals surface area contributed by atoms with Crippen LogP contribution in [0, 0.1) is 0 Å². The van der Waals surface area contributed by atoms with Crippen molar-refractivity contribution in [3.8, 4) is 0 Å². The number of fused-ring (bicyclic) bond motifs is 1. The highest BCUT2D eigenvalue weighted by Gasteiger charge is 2.31. The summed E-state index contributed by atoms with van der Waals surface area (Å²) in [6, 6.07) is 19.9. The van der Waals surface area contributed by atoms with Crippen LogP contribution in [0.3, 0.4) is 0 Å². The summed E-state index contributed by atoms with van der Waals surface area (Å²) in [6.07, 6.45) is 0.627. The van der Waals surface area contributed by atoms with Gasteiger partial charge in [0.15, 0.2) is 6.61 Å². The van der Waals surface area contributed by atoms with E-state index >= 15 is 0 Å². The van der Waals surface area contributed by atoms with Crippen molar-refractivity contribution >= 4 is 39.2 Å². The highest BCUT2D eigenvalue weighted by Crippen LogP contribution is 2.32. The number of para-hydroxylation sites is 1. The minimum Gasteiger partial charge on any atom is -0.452 e. The average Bonchev–Trinajstić information content (AvgIpc) is 3.27. The minimum atomic E-state index is -3.84. The molecule has 0 aliphatic carbocycles. The predicted molar refractivity (Wildman–Crippen MR) is 125 cm³/mol. The Morgan fingerprint density at radius 2 is 1.76 bits per heavy atom. The molecule has 0 aromatic heterocycles. The first-order valence-corrected chi connectivity index (χ1v) is 12.1. The third-order valence-corrected chi connectivity index (χ3v) is 7.30. The van der Waals surface area contributed by atoms with Gasteiger partial charge in [-0.05, 0) is 53.9 Å². The lowest BCUT2D eigenvalue weighted by Gasteiger charge is -2.19. The number of sulfonamides is 1. The van der Waals surface area contributed by atoms with Gasteiger partial charge in [0.25, 0.3) is 15.9 Å². The van der Waals surface area contributed by atoms with Gasteiger partial charge in [0.2, 0.25) is 0 Å². The molecule has 1 amide bonds. The lowest BCUT2D eigenvalue weighted by Crippen LogP contribution is -2.29. The van der Waals surface area contributed by atoms with Gasteiger partial charge in [-0.25, -0.2) is 13.2 Å². The largest absolute Gasteiger partial charge is 0.452 e. The second-order valence-electron chi connectivity index (χ2n) is 7.46. The van der Waals surface area contributed by atoms with E-state index in [0.29, 0.717) is 23.7 Å². The molecule has 4 rings (SSSR count). The van der Waals surface area contributed by atoms with Gasteiger partial charge in [-0.15, -0.1) is 0 Å². The fraction of sp³-hybridized carbons (Fsp3) is 0.167. The van der Waals surface area contributed by atoms with E-state index in [9.17, 15) is 18.0 Å². The van der Waals surface area contributed by atoms with Gasteiger partial charge in [0, 0.05) is 18.1 Å². The summed E-state index contributed by atoms with van der Waals surface area (Å²) < 4.78 is 32.8. The van der Waals surface area contributed by atoms with E-state index < -0.39 is 28.5 Å². The van der Waals surface area contributed by atoms with Crippen LogP contribution in [0.15, 0.2) is 77.7 Å². The molecule has 33 heavy (non-hydrogen) atoms. The molecule has 7 nitrogen and oxygen atoms in total. The minimum absolute atomic E-state index is 0.0131. The molecule has 0 saturated carbocycles. The molecule has 0 unspecified atom stereocenters. The van der Waals surface area contributed by atoms with Crippen LogP contribution >= 0.6 is 11.6 Å². The second kappa shape index (κ2) is 9.64. The van der Waals surface area contributed by atoms with Crippen molar-refractivity contribution in [1.29, 1.82) is 0 Å². The number of anilines is 1. The van der Waals surface area contributed by atoms with Gasteiger partial charge in [0.1, 0.15) is 0 Å². The van der Waals surface area contributed by atoms with E-state index in [0.717, 1.165) is 11.1 Å². The van der Waals surface area contributed by atoms with Crippen LogP contribution in [0.5, 0.6) is 0 Å². The van der Waals surface area contributed by atoms with E-state index in [1.807, 2.05) is 12.1 Å². The maximum Gasteiger partial charge on any atom is 0.338 e. The number of esters is 1. The monoisotopic (exact) mass is 484 g/mol. The smallest absolute Gasteiger partial charge is 0.338 e. The summed E-state index contributed by atoms with van der Waals surface area (Å²) in [5.74, 6) is -1.26. The molecule has 3 aromatic carbocycles. The number of nitrogens with zero attached hydrogens (tertiary/aromatic N) is 1. The number of hydrogen-bond acceptors (Lipinski definition) is 5. The molecule has 0 spiro atoms. The molecule has 1 N–H and O–H groups in total. The molecule has 1 heterocycles. The van der Waals surface area contributed by atoms with Crippen molar-refractivity contribution in [3.63, 3.8) is 0 Å². The zero-order chi connectivity index (χ0) is 23.4. The number of hydrogen-bond donors (Lipinski definition) is 1. The molecule has 0 bridgehead atoms. The number of ether oxygens (including phenoxy) is 1. The van der Waals surface area contributed by atoms with Crippen LogP contribution in [-0.4, -0.2) is 33.4 Å². The van der Waals surface area contributed by atoms with Gasteiger partial charge < -0.3 is 10.1 Å². The van der Waals surface area contributed by atoms with Gasteiger partial charge in [-0.3, -0.25) is 9.10 Å². The maximum absolute atomic E-state index is 13.2. The van der Waals surface area contributed by atoms with Crippen molar-refractivity contribution in [3.05, 3.63) is 94.5 Å². The quantitative estimate of drug-likeness (QED) is 0.517. The van der Waals surface area contributed by atoms with Crippen molar-refractivity contribution in [1.82, 2.24) is 5.32 Å². The maximum atomic E-state index is 13.2. The number of halogens is 1.